The highest BCUT2D eigenvalue weighted by molar-refractivity contribution is 7.98. The zero-order valence-corrected chi connectivity index (χ0v) is 15.8. The van der Waals surface area contributed by atoms with Gasteiger partial charge in [0.15, 0.2) is 6.61 Å². The van der Waals surface area contributed by atoms with Crippen LogP contribution in [0.1, 0.15) is 5.56 Å². The van der Waals surface area contributed by atoms with Crippen LogP contribution in [0.5, 0.6) is 5.75 Å². The topological polar surface area (TPSA) is 38.3 Å². The molecule has 2 aromatic rings. The Morgan fingerprint density at radius 2 is 1.71 bits per heavy atom. The van der Waals surface area contributed by atoms with Crippen LogP contribution in [-0.2, 0) is 10.5 Å². The van der Waals surface area contributed by atoms with Crippen LogP contribution < -0.4 is 10.1 Å². The van der Waals surface area contributed by atoms with Gasteiger partial charge in [-0.1, -0.05) is 40.9 Å². The summed E-state index contributed by atoms with van der Waals surface area (Å²) in [5, 5.41) is 4.76. The molecule has 0 aliphatic rings. The Morgan fingerprint density at radius 3 is 2.38 bits per heavy atom. The Kier molecular flexibility index (Phi) is 8.06. The van der Waals surface area contributed by atoms with Gasteiger partial charge < -0.3 is 10.1 Å². The van der Waals surface area contributed by atoms with Crippen molar-refractivity contribution in [2.75, 3.05) is 18.9 Å². The maximum atomic E-state index is 11.7. The molecule has 0 aliphatic carbocycles. The number of nitrogens with one attached hydrogen (secondary N) is 1. The molecule has 1 N–H and O–H groups in total. The van der Waals surface area contributed by atoms with Gasteiger partial charge in [0.25, 0.3) is 5.91 Å². The minimum Gasteiger partial charge on any atom is -0.484 e. The molecule has 0 heterocycles. The average Bonchev–Trinajstić information content (AvgIpc) is 2.56. The van der Waals surface area contributed by atoms with Crippen molar-refractivity contribution in [1.82, 2.24) is 5.32 Å². The number of benzene rings is 2. The van der Waals surface area contributed by atoms with E-state index in [4.69, 9.17) is 39.5 Å². The predicted octanol–water partition coefficient (Wildman–Crippen LogP) is 5.08. The second kappa shape index (κ2) is 10.0. The molecule has 0 saturated heterocycles. The summed E-state index contributed by atoms with van der Waals surface area (Å²) in [7, 11) is 0. The lowest BCUT2D eigenvalue weighted by atomic mass is 10.2. The van der Waals surface area contributed by atoms with Crippen molar-refractivity contribution < 1.29 is 9.53 Å². The first-order valence-corrected chi connectivity index (χ1v) is 9.51. The number of hydrogen-bond donors (Lipinski definition) is 1. The zero-order chi connectivity index (χ0) is 17.4. The third-order valence-corrected chi connectivity index (χ3v) is 5.01. The van der Waals surface area contributed by atoms with Gasteiger partial charge >= 0.3 is 0 Å². The van der Waals surface area contributed by atoms with Crippen LogP contribution in [0.15, 0.2) is 42.5 Å². The van der Waals surface area contributed by atoms with E-state index < -0.39 is 0 Å². The predicted molar refractivity (Wildman–Crippen MR) is 103 cm³/mol. The van der Waals surface area contributed by atoms with Crippen molar-refractivity contribution in [3.63, 3.8) is 0 Å². The van der Waals surface area contributed by atoms with Gasteiger partial charge in [-0.15, -0.1) is 0 Å². The number of ether oxygens (including phenoxy) is 1. The molecule has 7 heteroatoms. The molecule has 128 valence electrons. The molecule has 0 atom stereocenters. The number of amides is 1. The Morgan fingerprint density at radius 1 is 1.04 bits per heavy atom. The van der Waals surface area contributed by atoms with Crippen LogP contribution in [0.25, 0.3) is 0 Å². The van der Waals surface area contributed by atoms with E-state index in [2.05, 4.69) is 5.32 Å². The van der Waals surface area contributed by atoms with Crippen molar-refractivity contribution in [2.24, 2.45) is 0 Å². The molecule has 2 aromatic carbocycles. The highest BCUT2D eigenvalue weighted by atomic mass is 35.5. The van der Waals surface area contributed by atoms with E-state index in [1.54, 1.807) is 36.0 Å². The Bertz CT molecular complexity index is 660. The first-order chi connectivity index (χ1) is 11.6. The first-order valence-electron chi connectivity index (χ1n) is 7.22. The number of halogens is 3. The van der Waals surface area contributed by atoms with Crippen LogP contribution in [0, 0.1) is 0 Å². The summed E-state index contributed by atoms with van der Waals surface area (Å²) in [5.74, 6) is 1.91. The molecule has 0 unspecified atom stereocenters. The van der Waals surface area contributed by atoms with E-state index >= 15 is 0 Å². The lowest BCUT2D eigenvalue weighted by Crippen LogP contribution is -2.30. The van der Waals surface area contributed by atoms with Crippen molar-refractivity contribution in [3.8, 4) is 5.75 Å². The fraction of sp³-hybridized carbons (Fsp3) is 0.235. The highest BCUT2D eigenvalue weighted by Gasteiger charge is 2.06. The average molecular weight is 405 g/mol. The molecule has 2 rings (SSSR count). The summed E-state index contributed by atoms with van der Waals surface area (Å²) in [6.45, 7) is 0.526. The van der Waals surface area contributed by atoms with Gasteiger partial charge in [-0.3, -0.25) is 4.79 Å². The quantitative estimate of drug-likeness (QED) is 0.624. The SMILES string of the molecule is O=C(COc1ccc(Cl)cc1)NCCSCc1c(Cl)cccc1Cl. The molecule has 3 nitrogen and oxygen atoms in total. The summed E-state index contributed by atoms with van der Waals surface area (Å²) in [6, 6.07) is 12.3. The van der Waals surface area contributed by atoms with Gasteiger partial charge in [-0.05, 0) is 42.0 Å². The molecule has 0 spiro atoms. The van der Waals surface area contributed by atoms with Gasteiger partial charge in [0.1, 0.15) is 5.75 Å². The van der Waals surface area contributed by atoms with E-state index in [1.807, 2.05) is 18.2 Å². The van der Waals surface area contributed by atoms with Crippen LogP contribution >= 0.6 is 46.6 Å². The standard InChI is InChI=1S/C17H16Cl3NO2S/c18-12-4-6-13(7-5-12)23-10-17(22)21-8-9-24-11-14-15(19)2-1-3-16(14)20/h1-7H,8-11H2,(H,21,22). The van der Waals surface area contributed by atoms with Gasteiger partial charge in [0, 0.05) is 33.1 Å². The van der Waals surface area contributed by atoms with Crippen molar-refractivity contribution >= 4 is 52.5 Å². The molecule has 0 radical (unpaired) electrons. The molecule has 0 aromatic heterocycles. The second-order valence-corrected chi connectivity index (χ2v) is 7.20. The number of carbonyl (C=O) groups excluding carboxylic acids is 1. The fourth-order valence-electron chi connectivity index (χ4n) is 1.84. The van der Waals surface area contributed by atoms with Gasteiger partial charge in [-0.2, -0.15) is 11.8 Å². The van der Waals surface area contributed by atoms with Crippen LogP contribution in [0.3, 0.4) is 0 Å². The number of rotatable bonds is 8. The third-order valence-electron chi connectivity index (χ3n) is 3.06. The third kappa shape index (κ3) is 6.44. The van der Waals surface area contributed by atoms with E-state index in [-0.39, 0.29) is 12.5 Å². The van der Waals surface area contributed by atoms with Crippen molar-refractivity contribution in [2.45, 2.75) is 5.75 Å². The minimum absolute atomic E-state index is 0.0252. The zero-order valence-electron chi connectivity index (χ0n) is 12.7. The maximum absolute atomic E-state index is 11.7. The molecule has 1 amide bonds. The fourth-order valence-corrected chi connectivity index (χ4v) is 3.56. The lowest BCUT2D eigenvalue weighted by molar-refractivity contribution is -0.122. The molecule has 24 heavy (non-hydrogen) atoms. The van der Waals surface area contributed by atoms with Crippen molar-refractivity contribution in [1.29, 1.82) is 0 Å². The van der Waals surface area contributed by atoms with Crippen LogP contribution in [-0.4, -0.2) is 24.8 Å². The lowest BCUT2D eigenvalue weighted by Gasteiger charge is -2.09. The van der Waals surface area contributed by atoms with E-state index in [1.165, 1.54) is 0 Å². The van der Waals surface area contributed by atoms with E-state index in [0.29, 0.717) is 33.1 Å². The van der Waals surface area contributed by atoms with Gasteiger partial charge in [-0.25, -0.2) is 0 Å². The second-order valence-electron chi connectivity index (χ2n) is 4.85. The van der Waals surface area contributed by atoms with Gasteiger partial charge in [0.2, 0.25) is 0 Å². The molecule has 0 saturated carbocycles. The van der Waals surface area contributed by atoms with E-state index in [0.717, 1.165) is 11.3 Å². The summed E-state index contributed by atoms with van der Waals surface area (Å²) in [4.78, 5) is 11.7. The largest absolute Gasteiger partial charge is 0.484 e. The highest BCUT2D eigenvalue weighted by Crippen LogP contribution is 2.27. The Balaban J connectivity index is 1.62. The Labute approximate surface area is 160 Å². The van der Waals surface area contributed by atoms with Gasteiger partial charge in [0.05, 0.1) is 0 Å². The summed E-state index contributed by atoms with van der Waals surface area (Å²) in [6.07, 6.45) is 0. The van der Waals surface area contributed by atoms with Crippen molar-refractivity contribution in [3.05, 3.63) is 63.1 Å². The van der Waals surface area contributed by atoms with Crippen LogP contribution in [0.2, 0.25) is 15.1 Å². The molecule has 0 bridgehead atoms. The molecule has 0 fully saturated rings. The molecular weight excluding hydrogens is 389 g/mol. The monoisotopic (exact) mass is 403 g/mol. The van der Waals surface area contributed by atoms with Crippen LogP contribution in [0.4, 0.5) is 0 Å². The first kappa shape index (κ1) is 19.3. The maximum Gasteiger partial charge on any atom is 0.257 e. The minimum atomic E-state index is -0.165. The summed E-state index contributed by atoms with van der Waals surface area (Å²) < 4.78 is 5.37. The summed E-state index contributed by atoms with van der Waals surface area (Å²) >= 11 is 19.7. The number of thioether (sulfide) groups is 1. The van der Waals surface area contributed by atoms with E-state index in [9.17, 15) is 4.79 Å². The molecule has 0 aliphatic heterocycles. The number of hydrogen-bond acceptors (Lipinski definition) is 3. The number of carbonyl (C=O) groups is 1. The Hall–Kier alpha value is -1.07. The molecular formula is C17H16Cl3NO2S. The smallest absolute Gasteiger partial charge is 0.257 e. The normalized spacial score (nSPS) is 10.5. The summed E-state index contributed by atoms with van der Waals surface area (Å²) in [5.41, 5.74) is 0.920.